The first-order valence-corrected chi connectivity index (χ1v) is 9.03. The number of carbonyl (C=O) groups excluding carboxylic acids is 2. The summed E-state index contributed by atoms with van der Waals surface area (Å²) in [5.41, 5.74) is -0.678. The molecule has 116 valence electrons. The van der Waals surface area contributed by atoms with Crippen LogP contribution in [0.1, 0.15) is 52.9 Å². The van der Waals surface area contributed by atoms with E-state index in [0.717, 1.165) is 18.6 Å². The average molecular weight is 300 g/mol. The molecule has 1 aliphatic heterocycles. The highest BCUT2D eigenvalue weighted by molar-refractivity contribution is 7.98. The van der Waals surface area contributed by atoms with E-state index in [9.17, 15) is 9.59 Å². The lowest BCUT2D eigenvalue weighted by Crippen LogP contribution is -2.69. The van der Waals surface area contributed by atoms with Gasteiger partial charge in [0.2, 0.25) is 11.8 Å². The Hall–Kier alpha value is -0.710. The number of unbranched alkanes of at least 4 members (excludes halogenated alkanes) is 2. The van der Waals surface area contributed by atoms with E-state index >= 15 is 0 Å². The van der Waals surface area contributed by atoms with Crippen LogP contribution in [0.3, 0.4) is 0 Å². The SMILES string of the molecule is CCC1(CC)NC(=O)C(C)N(CCCCCSC)C1=O. The van der Waals surface area contributed by atoms with Crippen molar-refractivity contribution in [2.45, 2.75) is 64.5 Å². The number of hydrogen-bond acceptors (Lipinski definition) is 3. The molecule has 1 fully saturated rings. The molecule has 0 aromatic rings. The molecule has 4 nitrogen and oxygen atoms in total. The highest BCUT2D eigenvalue weighted by Gasteiger charge is 2.46. The summed E-state index contributed by atoms with van der Waals surface area (Å²) in [4.78, 5) is 26.6. The highest BCUT2D eigenvalue weighted by atomic mass is 32.2. The standard InChI is InChI=1S/C15H28N2O2S/c1-5-15(6-2)14(19)17(12(3)13(18)16-15)10-8-7-9-11-20-4/h12H,5-11H2,1-4H3,(H,16,18). The Kier molecular flexibility index (Phi) is 6.86. The second kappa shape index (κ2) is 7.91. The van der Waals surface area contributed by atoms with Crippen molar-refractivity contribution in [3.05, 3.63) is 0 Å². The molecule has 0 aromatic carbocycles. The lowest BCUT2D eigenvalue weighted by molar-refractivity contribution is -0.154. The molecule has 0 bridgehead atoms. The molecule has 0 spiro atoms. The molecule has 1 saturated heterocycles. The van der Waals surface area contributed by atoms with Crippen LogP contribution >= 0.6 is 11.8 Å². The summed E-state index contributed by atoms with van der Waals surface area (Å²) in [5.74, 6) is 1.24. The molecule has 0 saturated carbocycles. The fourth-order valence-electron chi connectivity index (χ4n) is 2.72. The lowest BCUT2D eigenvalue weighted by Gasteiger charge is -2.44. The topological polar surface area (TPSA) is 49.4 Å². The summed E-state index contributed by atoms with van der Waals surface area (Å²) >= 11 is 1.85. The summed E-state index contributed by atoms with van der Waals surface area (Å²) < 4.78 is 0. The highest BCUT2D eigenvalue weighted by Crippen LogP contribution is 2.25. The summed E-state index contributed by atoms with van der Waals surface area (Å²) in [6.45, 7) is 6.45. The summed E-state index contributed by atoms with van der Waals surface area (Å²) in [6.07, 6.45) is 6.69. The Balaban J connectivity index is 2.66. The average Bonchev–Trinajstić information content (AvgIpc) is 2.46. The van der Waals surface area contributed by atoms with Crippen molar-refractivity contribution in [2.24, 2.45) is 0 Å². The zero-order valence-electron chi connectivity index (χ0n) is 13.2. The van der Waals surface area contributed by atoms with Gasteiger partial charge in [0.1, 0.15) is 11.6 Å². The number of nitrogens with one attached hydrogen (secondary N) is 1. The first-order valence-electron chi connectivity index (χ1n) is 7.64. The van der Waals surface area contributed by atoms with Gasteiger partial charge >= 0.3 is 0 Å². The third-order valence-corrected chi connectivity index (χ3v) is 5.03. The Bertz CT molecular complexity index is 343. The van der Waals surface area contributed by atoms with E-state index in [1.54, 1.807) is 4.90 Å². The van der Waals surface area contributed by atoms with Crippen LogP contribution in [-0.2, 0) is 9.59 Å². The van der Waals surface area contributed by atoms with E-state index in [-0.39, 0.29) is 17.9 Å². The minimum atomic E-state index is -0.678. The van der Waals surface area contributed by atoms with Crippen molar-refractivity contribution in [1.29, 1.82) is 0 Å². The Morgan fingerprint density at radius 3 is 2.40 bits per heavy atom. The van der Waals surface area contributed by atoms with E-state index < -0.39 is 5.54 Å². The van der Waals surface area contributed by atoms with Gasteiger partial charge in [0.15, 0.2) is 0 Å². The largest absolute Gasteiger partial charge is 0.340 e. The number of amides is 2. The van der Waals surface area contributed by atoms with E-state index in [2.05, 4.69) is 11.6 Å². The van der Waals surface area contributed by atoms with Crippen molar-refractivity contribution >= 4 is 23.6 Å². The Labute approximate surface area is 127 Å². The van der Waals surface area contributed by atoms with Gasteiger partial charge in [0.05, 0.1) is 0 Å². The van der Waals surface area contributed by atoms with Crippen LogP contribution in [0.25, 0.3) is 0 Å². The molecular formula is C15H28N2O2S. The smallest absolute Gasteiger partial charge is 0.248 e. The number of thioether (sulfide) groups is 1. The van der Waals surface area contributed by atoms with Crippen LogP contribution in [-0.4, -0.2) is 46.8 Å². The van der Waals surface area contributed by atoms with Crippen LogP contribution in [0.4, 0.5) is 0 Å². The van der Waals surface area contributed by atoms with Gasteiger partial charge in [-0.3, -0.25) is 9.59 Å². The summed E-state index contributed by atoms with van der Waals surface area (Å²) in [7, 11) is 0. The van der Waals surface area contributed by atoms with Gasteiger partial charge in [-0.25, -0.2) is 0 Å². The van der Waals surface area contributed by atoms with Crippen molar-refractivity contribution in [2.75, 3.05) is 18.6 Å². The second-order valence-electron chi connectivity index (χ2n) is 5.51. The molecule has 1 N–H and O–H groups in total. The molecule has 20 heavy (non-hydrogen) atoms. The number of nitrogens with zero attached hydrogens (tertiary/aromatic N) is 1. The maximum Gasteiger partial charge on any atom is 0.248 e. The third-order valence-electron chi connectivity index (χ3n) is 4.33. The normalized spacial score (nSPS) is 22.0. The molecule has 5 heteroatoms. The van der Waals surface area contributed by atoms with Crippen LogP contribution in [0.15, 0.2) is 0 Å². The molecule has 1 aliphatic rings. The molecule has 2 amide bonds. The van der Waals surface area contributed by atoms with Gasteiger partial charge < -0.3 is 10.2 Å². The predicted octanol–water partition coefficient (Wildman–Crippen LogP) is 2.43. The van der Waals surface area contributed by atoms with Gasteiger partial charge in [-0.15, -0.1) is 0 Å². The molecule has 0 aliphatic carbocycles. The molecule has 0 radical (unpaired) electrons. The number of hydrogen-bond donors (Lipinski definition) is 1. The minimum Gasteiger partial charge on any atom is -0.340 e. The zero-order chi connectivity index (χ0) is 15.2. The summed E-state index contributed by atoms with van der Waals surface area (Å²) in [6, 6.07) is -0.339. The summed E-state index contributed by atoms with van der Waals surface area (Å²) in [5, 5.41) is 2.94. The maximum absolute atomic E-state index is 12.7. The first-order chi connectivity index (χ1) is 9.52. The number of carbonyl (C=O) groups is 2. The number of rotatable bonds is 8. The molecule has 0 aromatic heterocycles. The van der Waals surface area contributed by atoms with Gasteiger partial charge in [0.25, 0.3) is 0 Å². The molecule has 1 heterocycles. The van der Waals surface area contributed by atoms with Crippen molar-refractivity contribution in [1.82, 2.24) is 10.2 Å². The quantitative estimate of drug-likeness (QED) is 0.700. The fraction of sp³-hybridized carbons (Fsp3) is 0.867. The van der Waals surface area contributed by atoms with E-state index in [1.807, 2.05) is 32.5 Å². The van der Waals surface area contributed by atoms with E-state index in [0.29, 0.717) is 19.4 Å². The Morgan fingerprint density at radius 2 is 1.85 bits per heavy atom. The third kappa shape index (κ3) is 3.68. The van der Waals surface area contributed by atoms with Gasteiger partial charge in [-0.1, -0.05) is 20.3 Å². The predicted molar refractivity (Wildman–Crippen MR) is 84.9 cm³/mol. The van der Waals surface area contributed by atoms with Crippen molar-refractivity contribution < 1.29 is 9.59 Å². The molecule has 1 atom stereocenters. The fourth-order valence-corrected chi connectivity index (χ4v) is 3.21. The van der Waals surface area contributed by atoms with E-state index in [1.165, 1.54) is 6.42 Å². The zero-order valence-corrected chi connectivity index (χ0v) is 14.0. The van der Waals surface area contributed by atoms with Gasteiger partial charge in [-0.2, -0.15) is 11.8 Å². The number of piperazine rings is 1. The second-order valence-corrected chi connectivity index (χ2v) is 6.49. The van der Waals surface area contributed by atoms with Crippen molar-refractivity contribution in [3.8, 4) is 0 Å². The maximum atomic E-state index is 12.7. The monoisotopic (exact) mass is 300 g/mol. The molecule has 1 rings (SSSR count). The lowest BCUT2D eigenvalue weighted by atomic mass is 9.87. The van der Waals surface area contributed by atoms with Gasteiger partial charge in [-0.05, 0) is 44.6 Å². The van der Waals surface area contributed by atoms with Crippen molar-refractivity contribution in [3.63, 3.8) is 0 Å². The Morgan fingerprint density at radius 1 is 1.20 bits per heavy atom. The van der Waals surface area contributed by atoms with Crippen LogP contribution < -0.4 is 5.32 Å². The van der Waals surface area contributed by atoms with Crippen LogP contribution in [0.5, 0.6) is 0 Å². The van der Waals surface area contributed by atoms with E-state index in [4.69, 9.17) is 0 Å². The first kappa shape index (κ1) is 17.3. The van der Waals surface area contributed by atoms with Crippen LogP contribution in [0, 0.1) is 0 Å². The minimum absolute atomic E-state index is 0.0163. The van der Waals surface area contributed by atoms with Gasteiger partial charge in [0, 0.05) is 6.54 Å². The molecule has 1 unspecified atom stereocenters. The van der Waals surface area contributed by atoms with Crippen LogP contribution in [0.2, 0.25) is 0 Å². The molecular weight excluding hydrogens is 272 g/mol.